The van der Waals surface area contributed by atoms with Crippen LogP contribution >= 0.6 is 11.6 Å². The van der Waals surface area contributed by atoms with Crippen LogP contribution in [0.15, 0.2) is 47.0 Å². The topological polar surface area (TPSA) is 124 Å². The van der Waals surface area contributed by atoms with Crippen LogP contribution in [-0.2, 0) is 11.3 Å². The number of nitrogens with zero attached hydrogens (tertiary/aromatic N) is 4. The van der Waals surface area contributed by atoms with Gasteiger partial charge < -0.3 is 14.6 Å². The van der Waals surface area contributed by atoms with Crippen molar-refractivity contribution in [3.05, 3.63) is 63.5 Å². The van der Waals surface area contributed by atoms with Crippen LogP contribution in [0.25, 0.3) is 11.4 Å². The predicted octanol–water partition coefficient (Wildman–Crippen LogP) is 4.16. The molecule has 0 saturated carbocycles. The smallest absolute Gasteiger partial charge is 0.271 e. The molecule has 1 aliphatic rings. The molecule has 2 aromatic carbocycles. The van der Waals surface area contributed by atoms with Gasteiger partial charge in [0.2, 0.25) is 17.6 Å². The molecule has 3 aromatic rings. The number of hydrogen-bond donors (Lipinski definition) is 1. The number of anilines is 1. The summed E-state index contributed by atoms with van der Waals surface area (Å²) in [7, 11) is 1.45. The molecule has 10 nitrogen and oxygen atoms in total. The molecule has 0 aliphatic carbocycles. The van der Waals surface area contributed by atoms with Gasteiger partial charge in [-0.25, -0.2) is 0 Å². The molecule has 2 heterocycles. The number of carbonyl (C=O) groups excluding carboxylic acids is 1. The van der Waals surface area contributed by atoms with E-state index < -0.39 is 4.92 Å². The number of rotatable bonds is 7. The molecule has 33 heavy (non-hydrogen) atoms. The summed E-state index contributed by atoms with van der Waals surface area (Å²) in [4.78, 5) is 30.0. The number of ether oxygens (including phenoxy) is 1. The highest BCUT2D eigenvalue weighted by atomic mass is 35.5. The van der Waals surface area contributed by atoms with Crippen LogP contribution in [0.1, 0.15) is 18.7 Å². The lowest BCUT2D eigenvalue weighted by Gasteiger charge is -2.30. The molecule has 1 saturated heterocycles. The zero-order valence-electron chi connectivity index (χ0n) is 17.9. The van der Waals surface area contributed by atoms with Crippen molar-refractivity contribution < 1.29 is 19.0 Å². The van der Waals surface area contributed by atoms with Gasteiger partial charge in [-0.2, -0.15) is 4.98 Å². The fourth-order valence-electron chi connectivity index (χ4n) is 3.78. The van der Waals surface area contributed by atoms with Crippen molar-refractivity contribution in [2.75, 3.05) is 25.5 Å². The number of amides is 1. The maximum atomic E-state index is 12.9. The maximum absolute atomic E-state index is 12.9. The molecule has 1 atom stereocenters. The Labute approximate surface area is 194 Å². The van der Waals surface area contributed by atoms with Crippen molar-refractivity contribution in [3.63, 3.8) is 0 Å². The zero-order chi connectivity index (χ0) is 23.4. The Kier molecular flexibility index (Phi) is 6.85. The van der Waals surface area contributed by atoms with E-state index in [1.54, 1.807) is 12.1 Å². The summed E-state index contributed by atoms with van der Waals surface area (Å²) in [6.45, 7) is 1.72. The zero-order valence-corrected chi connectivity index (χ0v) is 18.6. The largest absolute Gasteiger partial charge is 0.495 e. The second kappa shape index (κ2) is 9.97. The number of aromatic nitrogens is 2. The molecule has 172 valence electrons. The first kappa shape index (κ1) is 22.7. The number of benzene rings is 2. The molecule has 0 spiro atoms. The number of nitrogens with one attached hydrogen (secondary N) is 1. The standard InChI is InChI=1S/C22H22ClN5O5/c1-32-19-9-8-17(28(30)31)11-18(19)24-22(29)15-3-2-10-27(12-15)13-20-25-21(26-33-20)14-4-6-16(23)7-5-14/h4-9,11,15H,2-3,10,12-13H2,1H3,(H,24,29). The molecule has 0 radical (unpaired) electrons. The highest BCUT2D eigenvalue weighted by molar-refractivity contribution is 6.30. The SMILES string of the molecule is COc1ccc([N+](=O)[O-])cc1NC(=O)C1CCCN(Cc2nc(-c3ccc(Cl)cc3)no2)C1. The van der Waals surface area contributed by atoms with Crippen LogP contribution in [0.2, 0.25) is 5.02 Å². The van der Waals surface area contributed by atoms with Gasteiger partial charge in [-0.05, 0) is 49.7 Å². The van der Waals surface area contributed by atoms with Crippen molar-refractivity contribution in [3.8, 4) is 17.1 Å². The number of likely N-dealkylation sites (tertiary alicyclic amines) is 1. The minimum atomic E-state index is -0.514. The van der Waals surface area contributed by atoms with Gasteiger partial charge in [0.05, 0.1) is 30.2 Å². The second-order valence-electron chi connectivity index (χ2n) is 7.72. The lowest BCUT2D eigenvalue weighted by molar-refractivity contribution is -0.384. The summed E-state index contributed by atoms with van der Waals surface area (Å²) in [5.74, 6) is 0.793. The van der Waals surface area contributed by atoms with Gasteiger partial charge in [0, 0.05) is 29.3 Å². The van der Waals surface area contributed by atoms with Gasteiger partial charge in [-0.1, -0.05) is 16.8 Å². The lowest BCUT2D eigenvalue weighted by Crippen LogP contribution is -2.40. The summed E-state index contributed by atoms with van der Waals surface area (Å²) in [5, 5.41) is 18.5. The minimum Gasteiger partial charge on any atom is -0.495 e. The maximum Gasteiger partial charge on any atom is 0.271 e. The quantitative estimate of drug-likeness (QED) is 0.402. The fraction of sp³-hybridized carbons (Fsp3) is 0.318. The van der Waals surface area contributed by atoms with Crippen LogP contribution < -0.4 is 10.1 Å². The summed E-state index contributed by atoms with van der Waals surface area (Å²) in [6, 6.07) is 11.3. The molecule has 1 aliphatic heterocycles. The Morgan fingerprint density at radius 2 is 2.12 bits per heavy atom. The molecule has 1 N–H and O–H groups in total. The second-order valence-corrected chi connectivity index (χ2v) is 8.16. The van der Waals surface area contributed by atoms with Gasteiger partial charge in [-0.15, -0.1) is 0 Å². The Bertz CT molecular complexity index is 1150. The van der Waals surface area contributed by atoms with E-state index in [2.05, 4.69) is 20.4 Å². The third-order valence-electron chi connectivity index (χ3n) is 5.46. The normalized spacial score (nSPS) is 16.4. The third kappa shape index (κ3) is 5.47. The van der Waals surface area contributed by atoms with Crippen molar-refractivity contribution in [2.24, 2.45) is 5.92 Å². The third-order valence-corrected chi connectivity index (χ3v) is 5.71. The van der Waals surface area contributed by atoms with E-state index in [4.69, 9.17) is 20.9 Å². The van der Waals surface area contributed by atoms with E-state index in [1.165, 1.54) is 25.3 Å². The Morgan fingerprint density at radius 1 is 1.33 bits per heavy atom. The van der Waals surface area contributed by atoms with E-state index in [0.29, 0.717) is 42.0 Å². The van der Waals surface area contributed by atoms with Crippen molar-refractivity contribution >= 4 is 28.9 Å². The Morgan fingerprint density at radius 3 is 2.85 bits per heavy atom. The first-order valence-electron chi connectivity index (χ1n) is 10.4. The number of nitro benzene ring substituents is 1. The number of hydrogen-bond acceptors (Lipinski definition) is 8. The van der Waals surface area contributed by atoms with Crippen molar-refractivity contribution in [2.45, 2.75) is 19.4 Å². The molecule has 4 rings (SSSR count). The molecule has 1 aromatic heterocycles. The molecule has 11 heteroatoms. The lowest BCUT2D eigenvalue weighted by atomic mass is 9.97. The van der Waals surface area contributed by atoms with Crippen molar-refractivity contribution in [1.82, 2.24) is 15.0 Å². The highest BCUT2D eigenvalue weighted by Gasteiger charge is 2.28. The van der Waals surface area contributed by atoms with Crippen LogP contribution in [-0.4, -0.2) is 46.1 Å². The van der Waals surface area contributed by atoms with Crippen LogP contribution in [0, 0.1) is 16.0 Å². The van der Waals surface area contributed by atoms with Gasteiger partial charge in [0.1, 0.15) is 5.75 Å². The fourth-order valence-corrected chi connectivity index (χ4v) is 3.91. The highest BCUT2D eigenvalue weighted by Crippen LogP contribution is 2.30. The molecule has 1 fully saturated rings. The van der Waals surface area contributed by atoms with Gasteiger partial charge >= 0.3 is 0 Å². The molecular formula is C22H22ClN5O5. The average molecular weight is 472 g/mol. The monoisotopic (exact) mass is 471 g/mol. The number of halogens is 1. The molecular weight excluding hydrogens is 450 g/mol. The van der Waals surface area contributed by atoms with E-state index in [0.717, 1.165) is 18.5 Å². The first-order chi connectivity index (χ1) is 15.9. The molecule has 1 amide bonds. The summed E-state index contributed by atoms with van der Waals surface area (Å²) < 4.78 is 10.6. The summed E-state index contributed by atoms with van der Waals surface area (Å²) >= 11 is 5.92. The van der Waals surface area contributed by atoms with Gasteiger partial charge in [-0.3, -0.25) is 19.8 Å². The van der Waals surface area contributed by atoms with E-state index in [1.807, 2.05) is 12.1 Å². The predicted molar refractivity (Wildman–Crippen MR) is 121 cm³/mol. The van der Waals surface area contributed by atoms with Crippen LogP contribution in [0.3, 0.4) is 0 Å². The molecule has 0 bridgehead atoms. The van der Waals surface area contributed by atoms with E-state index in [9.17, 15) is 14.9 Å². The number of piperidine rings is 1. The van der Waals surface area contributed by atoms with Gasteiger partial charge in [0.15, 0.2) is 0 Å². The van der Waals surface area contributed by atoms with Crippen LogP contribution in [0.4, 0.5) is 11.4 Å². The van der Waals surface area contributed by atoms with Crippen molar-refractivity contribution in [1.29, 1.82) is 0 Å². The minimum absolute atomic E-state index is 0.121. The number of methoxy groups -OCH3 is 1. The Balaban J connectivity index is 1.40. The van der Waals surface area contributed by atoms with Crippen LogP contribution in [0.5, 0.6) is 5.75 Å². The van der Waals surface area contributed by atoms with E-state index >= 15 is 0 Å². The first-order valence-corrected chi connectivity index (χ1v) is 10.7. The number of non-ortho nitro benzene ring substituents is 1. The summed E-state index contributed by atoms with van der Waals surface area (Å²) in [6.07, 6.45) is 1.53. The Hall–Kier alpha value is -3.50. The summed E-state index contributed by atoms with van der Waals surface area (Å²) in [5.41, 5.74) is 0.957. The average Bonchev–Trinajstić information content (AvgIpc) is 3.28. The number of carbonyl (C=O) groups is 1. The van der Waals surface area contributed by atoms with E-state index in [-0.39, 0.29) is 23.2 Å². The molecule has 1 unspecified atom stereocenters. The number of nitro groups is 1. The van der Waals surface area contributed by atoms with Gasteiger partial charge in [0.25, 0.3) is 5.69 Å².